The van der Waals surface area contributed by atoms with E-state index in [1.165, 1.54) is 5.69 Å². The minimum atomic E-state index is -0.0821. The summed E-state index contributed by atoms with van der Waals surface area (Å²) >= 11 is 0. The topological polar surface area (TPSA) is 70.5 Å². The fraction of sp³-hybridized carbons (Fsp3) is 0.542. The maximum atomic E-state index is 12.8. The summed E-state index contributed by atoms with van der Waals surface area (Å²) in [6.07, 6.45) is 6.25. The van der Waals surface area contributed by atoms with Gasteiger partial charge in [0.1, 0.15) is 0 Å². The van der Waals surface area contributed by atoms with E-state index in [1.54, 1.807) is 0 Å². The Morgan fingerprint density at radius 2 is 1.77 bits per heavy atom. The summed E-state index contributed by atoms with van der Waals surface area (Å²) in [5.74, 6) is 0.181. The Morgan fingerprint density at radius 1 is 1.00 bits per heavy atom. The van der Waals surface area contributed by atoms with E-state index in [-0.39, 0.29) is 11.8 Å². The van der Waals surface area contributed by atoms with E-state index in [1.807, 2.05) is 39.9 Å². The summed E-state index contributed by atoms with van der Waals surface area (Å²) in [6, 6.07) is 10.0. The lowest BCUT2D eigenvalue weighted by atomic mass is 10.1. The molecule has 31 heavy (non-hydrogen) atoms. The van der Waals surface area contributed by atoms with Crippen LogP contribution in [0.4, 0.5) is 0 Å². The first-order valence-corrected chi connectivity index (χ1v) is 11.5. The van der Waals surface area contributed by atoms with Crippen molar-refractivity contribution < 1.29 is 9.59 Å². The zero-order valence-corrected chi connectivity index (χ0v) is 18.5. The summed E-state index contributed by atoms with van der Waals surface area (Å²) in [5.41, 5.74) is 3.84. The molecule has 7 nitrogen and oxygen atoms in total. The van der Waals surface area contributed by atoms with E-state index < -0.39 is 0 Å². The van der Waals surface area contributed by atoms with Crippen LogP contribution in [0.15, 0.2) is 30.3 Å². The van der Waals surface area contributed by atoms with Crippen LogP contribution in [0.3, 0.4) is 0 Å². The number of likely N-dealkylation sites (N-methyl/N-ethyl adjacent to an activating group) is 1. The third kappa shape index (κ3) is 5.15. The second kappa shape index (κ2) is 10.1. The lowest BCUT2D eigenvalue weighted by molar-refractivity contribution is -0.132. The Morgan fingerprint density at radius 3 is 2.55 bits per heavy atom. The molecular formula is C24H33N5O2. The largest absolute Gasteiger partial charge is 0.351 e. The fourth-order valence-electron chi connectivity index (χ4n) is 4.48. The Bertz CT molecular complexity index is 900. The molecule has 2 amide bonds. The minimum absolute atomic E-state index is 0.0821. The van der Waals surface area contributed by atoms with Crippen molar-refractivity contribution in [2.45, 2.75) is 44.9 Å². The predicted octanol–water partition coefficient (Wildman–Crippen LogP) is 2.43. The van der Waals surface area contributed by atoms with Crippen molar-refractivity contribution in [3.63, 3.8) is 0 Å². The number of para-hydroxylation sites is 1. The van der Waals surface area contributed by atoms with Crippen LogP contribution in [0.2, 0.25) is 0 Å². The van der Waals surface area contributed by atoms with Gasteiger partial charge in [0.15, 0.2) is 5.69 Å². The first kappa shape index (κ1) is 21.6. The van der Waals surface area contributed by atoms with E-state index in [4.69, 9.17) is 0 Å². The number of aromatic nitrogens is 2. The van der Waals surface area contributed by atoms with Gasteiger partial charge in [0.05, 0.1) is 5.69 Å². The Balaban J connectivity index is 1.22. The number of fused-ring (bicyclic) bond motifs is 1. The Kier molecular flexibility index (Phi) is 7.02. The molecule has 1 aromatic carbocycles. The minimum Gasteiger partial charge on any atom is -0.351 e. The van der Waals surface area contributed by atoms with Crippen LogP contribution in [0, 0.1) is 0 Å². The summed E-state index contributed by atoms with van der Waals surface area (Å²) in [5, 5.41) is 7.68. The van der Waals surface area contributed by atoms with Gasteiger partial charge in [-0.05, 0) is 51.3 Å². The number of piperazine rings is 1. The number of nitrogens with zero attached hydrogens (tertiary/aromatic N) is 4. The van der Waals surface area contributed by atoms with Crippen molar-refractivity contribution in [1.82, 2.24) is 24.9 Å². The highest BCUT2D eigenvalue weighted by Gasteiger charge is 2.26. The van der Waals surface area contributed by atoms with E-state index in [9.17, 15) is 9.59 Å². The Hall–Kier alpha value is -2.67. The molecule has 2 aliphatic rings. The number of unbranched alkanes of at least 4 members (excludes halogenated alkanes) is 2. The molecule has 0 bridgehead atoms. The second-order valence-electron chi connectivity index (χ2n) is 8.63. The summed E-state index contributed by atoms with van der Waals surface area (Å²) in [7, 11) is 2.09. The number of benzene rings is 1. The molecule has 4 rings (SSSR count). The maximum absolute atomic E-state index is 12.8. The molecular weight excluding hydrogens is 390 g/mol. The van der Waals surface area contributed by atoms with Crippen molar-refractivity contribution in [3.8, 4) is 5.69 Å². The molecule has 7 heteroatoms. The molecule has 2 heterocycles. The SMILES string of the molecule is CN1CCN(C(=O)CCCCCNC(=O)c2nn(-c3ccccc3)c3c2CCC3)CC1. The molecule has 0 unspecified atom stereocenters. The van der Waals surface area contributed by atoms with Crippen LogP contribution in [0.5, 0.6) is 0 Å². The number of carbonyl (C=O) groups excluding carboxylic acids is 2. The molecule has 0 saturated carbocycles. The van der Waals surface area contributed by atoms with E-state index >= 15 is 0 Å². The number of nitrogens with one attached hydrogen (secondary N) is 1. The van der Waals surface area contributed by atoms with Gasteiger partial charge in [0, 0.05) is 50.4 Å². The van der Waals surface area contributed by atoms with Gasteiger partial charge in [-0.15, -0.1) is 0 Å². The molecule has 1 N–H and O–H groups in total. The van der Waals surface area contributed by atoms with Crippen LogP contribution < -0.4 is 5.32 Å². The van der Waals surface area contributed by atoms with Gasteiger partial charge in [-0.25, -0.2) is 4.68 Å². The van der Waals surface area contributed by atoms with Crippen LogP contribution in [-0.4, -0.2) is 71.2 Å². The molecule has 2 aromatic rings. The van der Waals surface area contributed by atoms with Crippen LogP contribution in [-0.2, 0) is 17.6 Å². The van der Waals surface area contributed by atoms with E-state index in [2.05, 4.69) is 22.4 Å². The number of hydrogen-bond acceptors (Lipinski definition) is 4. The standard InChI is InChI=1S/C24H33N5O2/c1-27-15-17-28(18-16-27)22(30)13-6-3-7-14-25-24(31)23-20-11-8-12-21(20)29(26-23)19-9-4-2-5-10-19/h2,4-5,9-10H,3,6-8,11-18H2,1H3,(H,25,31). The number of amides is 2. The number of carbonyl (C=O) groups is 2. The zero-order valence-electron chi connectivity index (χ0n) is 18.5. The average molecular weight is 424 g/mol. The van der Waals surface area contributed by atoms with Gasteiger partial charge in [0.2, 0.25) is 5.91 Å². The van der Waals surface area contributed by atoms with Gasteiger partial charge < -0.3 is 15.1 Å². The maximum Gasteiger partial charge on any atom is 0.272 e. The van der Waals surface area contributed by atoms with Crippen molar-refractivity contribution in [1.29, 1.82) is 0 Å². The zero-order chi connectivity index (χ0) is 21.6. The predicted molar refractivity (Wildman–Crippen MR) is 120 cm³/mol. The molecule has 1 saturated heterocycles. The third-order valence-corrected chi connectivity index (χ3v) is 6.36. The van der Waals surface area contributed by atoms with Crippen molar-refractivity contribution >= 4 is 11.8 Å². The molecule has 1 fully saturated rings. The average Bonchev–Trinajstić information content (AvgIpc) is 3.40. The quantitative estimate of drug-likeness (QED) is 0.662. The second-order valence-corrected chi connectivity index (χ2v) is 8.63. The van der Waals surface area contributed by atoms with E-state index in [0.717, 1.165) is 76.0 Å². The normalized spacial score (nSPS) is 16.4. The van der Waals surface area contributed by atoms with E-state index in [0.29, 0.717) is 18.7 Å². The van der Waals surface area contributed by atoms with Crippen LogP contribution >= 0.6 is 0 Å². The highest BCUT2D eigenvalue weighted by atomic mass is 16.2. The summed E-state index contributed by atoms with van der Waals surface area (Å²) in [6.45, 7) is 4.22. The Labute approximate surface area is 184 Å². The molecule has 0 spiro atoms. The van der Waals surface area contributed by atoms with Gasteiger partial charge in [0.25, 0.3) is 5.91 Å². The molecule has 1 aliphatic carbocycles. The first-order valence-electron chi connectivity index (χ1n) is 11.5. The van der Waals surface area contributed by atoms with Crippen molar-refractivity contribution in [3.05, 3.63) is 47.3 Å². The van der Waals surface area contributed by atoms with Gasteiger partial charge >= 0.3 is 0 Å². The molecule has 166 valence electrons. The fourth-order valence-corrected chi connectivity index (χ4v) is 4.48. The smallest absolute Gasteiger partial charge is 0.272 e. The number of hydrogen-bond donors (Lipinski definition) is 1. The molecule has 0 atom stereocenters. The molecule has 1 aliphatic heterocycles. The van der Waals surface area contributed by atoms with Crippen LogP contribution in [0.1, 0.15) is 53.8 Å². The van der Waals surface area contributed by atoms with Crippen molar-refractivity contribution in [2.24, 2.45) is 0 Å². The highest BCUT2D eigenvalue weighted by molar-refractivity contribution is 5.94. The first-order chi connectivity index (χ1) is 15.1. The molecule has 0 radical (unpaired) electrons. The summed E-state index contributed by atoms with van der Waals surface area (Å²) < 4.78 is 1.93. The molecule has 1 aromatic heterocycles. The van der Waals surface area contributed by atoms with Gasteiger partial charge in [-0.3, -0.25) is 9.59 Å². The van der Waals surface area contributed by atoms with Gasteiger partial charge in [-0.2, -0.15) is 5.10 Å². The van der Waals surface area contributed by atoms with Crippen LogP contribution in [0.25, 0.3) is 5.69 Å². The lowest BCUT2D eigenvalue weighted by Gasteiger charge is -2.32. The monoisotopic (exact) mass is 423 g/mol. The van der Waals surface area contributed by atoms with Gasteiger partial charge in [-0.1, -0.05) is 24.6 Å². The summed E-state index contributed by atoms with van der Waals surface area (Å²) in [4.78, 5) is 29.3. The number of rotatable bonds is 8. The van der Waals surface area contributed by atoms with Crippen molar-refractivity contribution in [2.75, 3.05) is 39.8 Å². The highest BCUT2D eigenvalue weighted by Crippen LogP contribution is 2.27. The lowest BCUT2D eigenvalue weighted by Crippen LogP contribution is -2.47. The third-order valence-electron chi connectivity index (χ3n) is 6.36.